The molecule has 19 heavy (non-hydrogen) atoms. The largest absolute Gasteiger partial charge is 0.457 e. The molecule has 0 aliphatic heterocycles. The van der Waals surface area contributed by atoms with Gasteiger partial charge in [0.25, 0.3) is 0 Å². The summed E-state index contributed by atoms with van der Waals surface area (Å²) in [5, 5.41) is 9.10. The highest BCUT2D eigenvalue weighted by molar-refractivity contribution is 5.41. The van der Waals surface area contributed by atoms with Gasteiger partial charge >= 0.3 is 0 Å². The van der Waals surface area contributed by atoms with Gasteiger partial charge in [0.05, 0.1) is 0 Å². The Morgan fingerprint density at radius 2 is 1.84 bits per heavy atom. The fourth-order valence-corrected chi connectivity index (χ4v) is 1.46. The van der Waals surface area contributed by atoms with Gasteiger partial charge in [-0.3, -0.25) is 0 Å². The van der Waals surface area contributed by atoms with E-state index in [1.807, 2.05) is 12.1 Å². The second kappa shape index (κ2) is 6.03. The van der Waals surface area contributed by atoms with E-state index in [1.165, 1.54) is 12.1 Å². The van der Waals surface area contributed by atoms with Crippen molar-refractivity contribution in [3.05, 3.63) is 59.9 Å². The zero-order chi connectivity index (χ0) is 13.7. The van der Waals surface area contributed by atoms with Crippen LogP contribution in [0.25, 0.3) is 0 Å². The highest BCUT2D eigenvalue weighted by atomic mass is 19.1. The summed E-state index contributed by atoms with van der Waals surface area (Å²) < 4.78 is 18.4. The molecule has 2 aromatic carbocycles. The SMILES string of the molecule is CC(O)C#Cc1cccc(Oc2ccc(F)cc2)c1. The number of hydrogen-bond acceptors (Lipinski definition) is 2. The Hall–Kier alpha value is -2.31. The number of aliphatic hydroxyl groups is 1. The molecule has 1 N–H and O–H groups in total. The molecule has 1 unspecified atom stereocenters. The van der Waals surface area contributed by atoms with Crippen molar-refractivity contribution in [1.82, 2.24) is 0 Å². The molecule has 3 heteroatoms. The van der Waals surface area contributed by atoms with Crippen molar-refractivity contribution in [2.24, 2.45) is 0 Å². The van der Waals surface area contributed by atoms with Crippen LogP contribution in [0.3, 0.4) is 0 Å². The van der Waals surface area contributed by atoms with Crippen LogP contribution in [-0.4, -0.2) is 11.2 Å². The van der Waals surface area contributed by atoms with Gasteiger partial charge in [0, 0.05) is 5.56 Å². The Balaban J connectivity index is 2.15. The summed E-state index contributed by atoms with van der Waals surface area (Å²) in [6.07, 6.45) is -0.665. The summed E-state index contributed by atoms with van der Waals surface area (Å²) in [4.78, 5) is 0. The molecule has 1 atom stereocenters. The van der Waals surface area contributed by atoms with Gasteiger partial charge in [-0.25, -0.2) is 4.39 Å². The quantitative estimate of drug-likeness (QED) is 0.835. The maximum absolute atomic E-state index is 12.8. The maximum atomic E-state index is 12.8. The van der Waals surface area contributed by atoms with Gasteiger partial charge in [-0.05, 0) is 49.4 Å². The fourth-order valence-electron chi connectivity index (χ4n) is 1.46. The summed E-state index contributed by atoms with van der Waals surface area (Å²) in [5.74, 6) is 6.37. The van der Waals surface area contributed by atoms with Gasteiger partial charge in [-0.2, -0.15) is 0 Å². The molecular formula is C16H13FO2. The second-order valence-electron chi connectivity index (χ2n) is 4.03. The Bertz CT molecular complexity index is 607. The van der Waals surface area contributed by atoms with Gasteiger partial charge in [0.2, 0.25) is 0 Å². The second-order valence-corrected chi connectivity index (χ2v) is 4.03. The van der Waals surface area contributed by atoms with E-state index >= 15 is 0 Å². The molecule has 2 nitrogen and oxygen atoms in total. The fraction of sp³-hybridized carbons (Fsp3) is 0.125. The maximum Gasteiger partial charge on any atom is 0.128 e. The van der Waals surface area contributed by atoms with Crippen LogP contribution >= 0.6 is 0 Å². The predicted octanol–water partition coefficient (Wildman–Crippen LogP) is 3.35. The topological polar surface area (TPSA) is 29.5 Å². The van der Waals surface area contributed by atoms with E-state index in [4.69, 9.17) is 9.84 Å². The molecular weight excluding hydrogens is 243 g/mol. The van der Waals surface area contributed by atoms with Crippen LogP contribution in [0.4, 0.5) is 4.39 Å². The highest BCUT2D eigenvalue weighted by Gasteiger charge is 1.98. The Labute approximate surface area is 111 Å². The lowest BCUT2D eigenvalue weighted by Gasteiger charge is -2.05. The monoisotopic (exact) mass is 256 g/mol. The molecule has 0 aliphatic carbocycles. The first-order chi connectivity index (χ1) is 9.13. The summed E-state index contributed by atoms with van der Waals surface area (Å²) in [7, 11) is 0. The minimum Gasteiger partial charge on any atom is -0.457 e. The molecule has 0 bridgehead atoms. The number of rotatable bonds is 2. The van der Waals surface area contributed by atoms with Crippen LogP contribution in [-0.2, 0) is 0 Å². The Morgan fingerprint density at radius 1 is 1.11 bits per heavy atom. The number of aliphatic hydroxyl groups excluding tert-OH is 1. The van der Waals surface area contributed by atoms with Crippen molar-refractivity contribution in [2.45, 2.75) is 13.0 Å². The van der Waals surface area contributed by atoms with Gasteiger partial charge in [0.1, 0.15) is 23.4 Å². The Morgan fingerprint density at radius 3 is 2.53 bits per heavy atom. The number of hydrogen-bond donors (Lipinski definition) is 1. The van der Waals surface area contributed by atoms with Gasteiger partial charge in [-0.1, -0.05) is 17.9 Å². The minimum absolute atomic E-state index is 0.302. The number of ether oxygens (including phenoxy) is 1. The summed E-state index contributed by atoms with van der Waals surface area (Å²) in [6.45, 7) is 1.60. The molecule has 0 amide bonds. The third-order valence-corrected chi connectivity index (χ3v) is 2.31. The van der Waals surface area contributed by atoms with Crippen molar-refractivity contribution in [1.29, 1.82) is 0 Å². The summed E-state index contributed by atoms with van der Waals surface area (Å²) in [5.41, 5.74) is 0.750. The third kappa shape index (κ3) is 4.13. The van der Waals surface area contributed by atoms with Crippen LogP contribution in [0.5, 0.6) is 11.5 Å². The lowest BCUT2D eigenvalue weighted by atomic mass is 10.2. The molecule has 2 rings (SSSR count). The zero-order valence-corrected chi connectivity index (χ0v) is 10.4. The lowest BCUT2D eigenvalue weighted by Crippen LogP contribution is -1.92. The third-order valence-electron chi connectivity index (χ3n) is 2.31. The first kappa shape index (κ1) is 13.1. The molecule has 0 radical (unpaired) electrons. The normalized spacial score (nSPS) is 11.3. The Kier molecular flexibility index (Phi) is 4.17. The first-order valence-corrected chi connectivity index (χ1v) is 5.86. The molecule has 0 saturated heterocycles. The molecule has 0 heterocycles. The summed E-state index contributed by atoms with van der Waals surface area (Å²) >= 11 is 0. The average Bonchev–Trinajstić information content (AvgIpc) is 2.40. The van der Waals surface area contributed by atoms with E-state index in [2.05, 4.69) is 11.8 Å². The smallest absolute Gasteiger partial charge is 0.128 e. The first-order valence-electron chi connectivity index (χ1n) is 5.86. The van der Waals surface area contributed by atoms with Crippen molar-refractivity contribution in [2.75, 3.05) is 0 Å². The standard InChI is InChI=1S/C16H13FO2/c1-12(18)5-6-13-3-2-4-16(11-13)19-15-9-7-14(17)8-10-15/h2-4,7-12,18H,1H3. The molecule has 0 fully saturated rings. The molecule has 0 spiro atoms. The lowest BCUT2D eigenvalue weighted by molar-refractivity contribution is 0.253. The minimum atomic E-state index is -0.665. The van der Waals surface area contributed by atoms with Crippen molar-refractivity contribution in [3.63, 3.8) is 0 Å². The van der Waals surface area contributed by atoms with E-state index in [9.17, 15) is 4.39 Å². The van der Waals surface area contributed by atoms with E-state index < -0.39 is 6.10 Å². The van der Waals surface area contributed by atoms with Crippen molar-refractivity contribution in [3.8, 4) is 23.3 Å². The van der Waals surface area contributed by atoms with Crippen LogP contribution in [0, 0.1) is 17.7 Å². The van der Waals surface area contributed by atoms with Gasteiger partial charge in [0.15, 0.2) is 0 Å². The zero-order valence-electron chi connectivity index (χ0n) is 10.4. The van der Waals surface area contributed by atoms with Crippen molar-refractivity contribution >= 4 is 0 Å². The van der Waals surface area contributed by atoms with E-state index in [1.54, 1.807) is 31.2 Å². The number of halogens is 1. The van der Waals surface area contributed by atoms with Crippen LogP contribution in [0.2, 0.25) is 0 Å². The van der Waals surface area contributed by atoms with Gasteiger partial charge < -0.3 is 9.84 Å². The molecule has 0 aliphatic rings. The van der Waals surface area contributed by atoms with Gasteiger partial charge in [-0.15, -0.1) is 0 Å². The van der Waals surface area contributed by atoms with Crippen LogP contribution < -0.4 is 4.74 Å². The van der Waals surface area contributed by atoms with E-state index in [0.29, 0.717) is 11.5 Å². The average molecular weight is 256 g/mol. The predicted molar refractivity (Wildman–Crippen MR) is 71.5 cm³/mol. The molecule has 0 saturated carbocycles. The highest BCUT2D eigenvalue weighted by Crippen LogP contribution is 2.22. The van der Waals surface area contributed by atoms with E-state index in [0.717, 1.165) is 5.56 Å². The number of benzene rings is 2. The van der Waals surface area contributed by atoms with Crippen LogP contribution in [0.15, 0.2) is 48.5 Å². The molecule has 96 valence electrons. The summed E-state index contributed by atoms with van der Waals surface area (Å²) in [6, 6.07) is 13.0. The molecule has 2 aromatic rings. The van der Waals surface area contributed by atoms with Crippen molar-refractivity contribution < 1.29 is 14.2 Å². The molecule has 0 aromatic heterocycles. The van der Waals surface area contributed by atoms with Crippen LogP contribution in [0.1, 0.15) is 12.5 Å². The van der Waals surface area contributed by atoms with E-state index in [-0.39, 0.29) is 5.82 Å².